The number of nitrogen functional groups attached to an aromatic ring is 1. The molecule has 1 aliphatic rings. The van der Waals surface area contributed by atoms with E-state index in [0.717, 1.165) is 17.5 Å². The third kappa shape index (κ3) is 3.07. The van der Waals surface area contributed by atoms with Gasteiger partial charge in [0.25, 0.3) is 5.91 Å². The number of carbonyl (C=O) groups is 1. The van der Waals surface area contributed by atoms with Crippen LogP contribution in [-0.4, -0.2) is 23.9 Å². The Balaban J connectivity index is 1.73. The molecule has 1 heterocycles. The van der Waals surface area contributed by atoms with Gasteiger partial charge in [0.05, 0.1) is 0 Å². The van der Waals surface area contributed by atoms with Gasteiger partial charge in [-0.3, -0.25) is 4.79 Å². The maximum Gasteiger partial charge on any atom is 0.254 e. The number of benzene rings is 2. The molecule has 0 unspecified atom stereocenters. The number of nitrogens with two attached hydrogens (primary N) is 1. The lowest BCUT2D eigenvalue weighted by Gasteiger charge is -2.28. The van der Waals surface area contributed by atoms with E-state index in [2.05, 4.69) is 0 Å². The second kappa shape index (κ2) is 5.97. The maximum absolute atomic E-state index is 13.3. The number of carbonyl (C=O) groups excluding carboxylic acids is 1. The van der Waals surface area contributed by atoms with Crippen LogP contribution in [0.4, 0.5) is 10.1 Å². The first-order valence-corrected chi connectivity index (χ1v) is 7.53. The lowest BCUT2D eigenvalue weighted by atomic mass is 9.98. The van der Waals surface area contributed by atoms with Crippen molar-refractivity contribution in [1.82, 2.24) is 4.90 Å². The molecule has 2 aromatic carbocycles. The van der Waals surface area contributed by atoms with Gasteiger partial charge >= 0.3 is 0 Å². The Labute approximate surface area is 133 Å². The van der Waals surface area contributed by atoms with E-state index in [9.17, 15) is 9.18 Å². The maximum atomic E-state index is 13.3. The minimum absolute atomic E-state index is 0.0203. The van der Waals surface area contributed by atoms with Crippen molar-refractivity contribution in [2.45, 2.75) is 12.8 Å². The summed E-state index contributed by atoms with van der Waals surface area (Å²) in [6.07, 6.45) is 1.38. The number of hydrogen-bond donors (Lipinski definition) is 1. The highest BCUT2D eigenvalue weighted by molar-refractivity contribution is 6.31. The van der Waals surface area contributed by atoms with Crippen molar-refractivity contribution in [3.05, 3.63) is 63.9 Å². The Morgan fingerprint density at radius 1 is 1.23 bits per heavy atom. The molecule has 0 bridgehead atoms. The van der Waals surface area contributed by atoms with E-state index in [0.29, 0.717) is 35.8 Å². The summed E-state index contributed by atoms with van der Waals surface area (Å²) < 4.78 is 13.3. The van der Waals surface area contributed by atoms with Crippen molar-refractivity contribution in [1.29, 1.82) is 0 Å². The predicted molar refractivity (Wildman–Crippen MR) is 85.6 cm³/mol. The quantitative estimate of drug-likeness (QED) is 0.883. The third-order valence-electron chi connectivity index (χ3n) is 3.89. The predicted octanol–water partition coefficient (Wildman–Crippen LogP) is 3.30. The monoisotopic (exact) mass is 318 g/mol. The van der Waals surface area contributed by atoms with Crippen LogP contribution in [0.2, 0.25) is 5.02 Å². The summed E-state index contributed by atoms with van der Waals surface area (Å²) >= 11 is 5.97. The Morgan fingerprint density at radius 3 is 2.82 bits per heavy atom. The summed E-state index contributed by atoms with van der Waals surface area (Å²) in [5.41, 5.74) is 8.53. The SMILES string of the molecule is Nc1cc(F)cc(CCN2CCc3ccc(Cl)cc3C2=O)c1. The zero-order valence-electron chi connectivity index (χ0n) is 12.0. The molecule has 114 valence electrons. The van der Waals surface area contributed by atoms with Gasteiger partial charge in [-0.15, -0.1) is 0 Å². The average molecular weight is 319 g/mol. The fraction of sp³-hybridized carbons (Fsp3) is 0.235. The Bertz CT molecular complexity index is 712. The minimum atomic E-state index is -0.350. The van der Waals surface area contributed by atoms with Crippen molar-refractivity contribution < 1.29 is 9.18 Å². The van der Waals surface area contributed by atoms with Gasteiger partial charge in [0.15, 0.2) is 0 Å². The van der Waals surface area contributed by atoms with Crippen LogP contribution in [-0.2, 0) is 12.8 Å². The van der Waals surface area contributed by atoms with Crippen LogP contribution < -0.4 is 5.73 Å². The van der Waals surface area contributed by atoms with E-state index in [1.54, 1.807) is 23.1 Å². The highest BCUT2D eigenvalue weighted by Gasteiger charge is 2.24. The molecule has 0 saturated heterocycles. The molecule has 3 nitrogen and oxygen atoms in total. The smallest absolute Gasteiger partial charge is 0.254 e. The van der Waals surface area contributed by atoms with Gasteiger partial charge in [0.1, 0.15) is 5.82 Å². The molecule has 0 atom stereocenters. The summed E-state index contributed by atoms with van der Waals surface area (Å²) in [5, 5.41) is 0.562. The highest BCUT2D eigenvalue weighted by atomic mass is 35.5. The van der Waals surface area contributed by atoms with Crippen LogP contribution in [0.15, 0.2) is 36.4 Å². The fourth-order valence-corrected chi connectivity index (χ4v) is 2.96. The van der Waals surface area contributed by atoms with E-state index in [1.165, 1.54) is 12.1 Å². The van der Waals surface area contributed by atoms with Gasteiger partial charge in [-0.2, -0.15) is 0 Å². The molecule has 1 aliphatic heterocycles. The molecule has 0 radical (unpaired) electrons. The number of rotatable bonds is 3. The van der Waals surface area contributed by atoms with Gasteiger partial charge in [0, 0.05) is 29.4 Å². The number of amides is 1. The van der Waals surface area contributed by atoms with Gasteiger partial charge in [-0.1, -0.05) is 17.7 Å². The van der Waals surface area contributed by atoms with Crippen LogP contribution in [0.1, 0.15) is 21.5 Å². The molecule has 0 fully saturated rings. The molecule has 2 N–H and O–H groups in total. The van der Waals surface area contributed by atoms with E-state index >= 15 is 0 Å². The van der Waals surface area contributed by atoms with E-state index in [1.807, 2.05) is 6.07 Å². The number of hydrogen-bond acceptors (Lipinski definition) is 2. The van der Waals surface area contributed by atoms with E-state index in [4.69, 9.17) is 17.3 Å². The van der Waals surface area contributed by atoms with Crippen LogP contribution in [0.5, 0.6) is 0 Å². The fourth-order valence-electron chi connectivity index (χ4n) is 2.79. The van der Waals surface area contributed by atoms with Crippen LogP contribution in [0.25, 0.3) is 0 Å². The first-order valence-electron chi connectivity index (χ1n) is 7.15. The Hall–Kier alpha value is -2.07. The summed E-state index contributed by atoms with van der Waals surface area (Å²) in [4.78, 5) is 14.3. The summed E-state index contributed by atoms with van der Waals surface area (Å²) in [5.74, 6) is -0.370. The molecule has 0 aliphatic carbocycles. The zero-order chi connectivity index (χ0) is 15.7. The van der Waals surface area contributed by atoms with Crippen molar-refractivity contribution in [3.63, 3.8) is 0 Å². The van der Waals surface area contributed by atoms with Gasteiger partial charge < -0.3 is 10.6 Å². The third-order valence-corrected chi connectivity index (χ3v) is 4.13. The zero-order valence-corrected chi connectivity index (χ0v) is 12.7. The number of anilines is 1. The van der Waals surface area contributed by atoms with Crippen molar-refractivity contribution in [2.24, 2.45) is 0 Å². The van der Waals surface area contributed by atoms with Crippen molar-refractivity contribution >= 4 is 23.2 Å². The highest BCUT2D eigenvalue weighted by Crippen LogP contribution is 2.23. The van der Waals surface area contributed by atoms with Gasteiger partial charge in [0.2, 0.25) is 0 Å². The van der Waals surface area contributed by atoms with Crippen molar-refractivity contribution in [2.75, 3.05) is 18.8 Å². The van der Waals surface area contributed by atoms with E-state index in [-0.39, 0.29) is 11.7 Å². The lowest BCUT2D eigenvalue weighted by molar-refractivity contribution is 0.0742. The average Bonchev–Trinajstić information content (AvgIpc) is 2.46. The van der Waals surface area contributed by atoms with Crippen LogP contribution >= 0.6 is 11.6 Å². The second-order valence-corrected chi connectivity index (χ2v) is 5.92. The van der Waals surface area contributed by atoms with Crippen LogP contribution in [0.3, 0.4) is 0 Å². The molecule has 22 heavy (non-hydrogen) atoms. The first-order chi connectivity index (χ1) is 10.5. The summed E-state index contributed by atoms with van der Waals surface area (Å²) in [6.45, 7) is 1.20. The number of fused-ring (bicyclic) bond motifs is 1. The molecule has 0 spiro atoms. The number of halogens is 2. The topological polar surface area (TPSA) is 46.3 Å². The molecule has 1 amide bonds. The van der Waals surface area contributed by atoms with Crippen molar-refractivity contribution in [3.8, 4) is 0 Å². The molecule has 0 saturated carbocycles. The normalized spacial score (nSPS) is 14.1. The summed E-state index contributed by atoms with van der Waals surface area (Å²) in [6, 6.07) is 9.90. The van der Waals surface area contributed by atoms with E-state index < -0.39 is 0 Å². The molecular weight excluding hydrogens is 303 g/mol. The number of nitrogens with zero attached hydrogens (tertiary/aromatic N) is 1. The summed E-state index contributed by atoms with van der Waals surface area (Å²) in [7, 11) is 0. The largest absolute Gasteiger partial charge is 0.399 e. The van der Waals surface area contributed by atoms with Gasteiger partial charge in [-0.05, 0) is 54.3 Å². The Kier molecular flexibility index (Phi) is 4.03. The molecule has 5 heteroatoms. The van der Waals surface area contributed by atoms with Gasteiger partial charge in [-0.25, -0.2) is 4.39 Å². The molecule has 0 aromatic heterocycles. The molecular formula is C17H16ClFN2O. The first kappa shape index (κ1) is 14.9. The molecule has 3 rings (SSSR count). The molecule has 2 aromatic rings. The standard InChI is InChI=1S/C17H16ClFN2O/c18-13-2-1-12-4-6-21(17(22)16(12)9-13)5-3-11-7-14(19)10-15(20)8-11/h1-2,7-10H,3-6,20H2. The lowest BCUT2D eigenvalue weighted by Crippen LogP contribution is -2.38. The van der Waals surface area contributed by atoms with Crippen LogP contribution in [0, 0.1) is 5.82 Å². The Morgan fingerprint density at radius 2 is 2.05 bits per heavy atom. The second-order valence-electron chi connectivity index (χ2n) is 5.49. The minimum Gasteiger partial charge on any atom is -0.399 e.